The van der Waals surface area contributed by atoms with Crippen molar-refractivity contribution in [2.24, 2.45) is 4.99 Å². The van der Waals surface area contributed by atoms with E-state index in [9.17, 15) is 9.00 Å². The number of para-hydroxylation sites is 1. The predicted octanol–water partition coefficient (Wildman–Crippen LogP) is 2.26. The maximum atomic E-state index is 12.9. The van der Waals surface area contributed by atoms with E-state index >= 15 is 0 Å². The number of rotatable bonds is 3. The number of hydrogen-bond donors (Lipinski definition) is 0. The summed E-state index contributed by atoms with van der Waals surface area (Å²) in [5, 5.41) is -0.410. The lowest BCUT2D eigenvalue weighted by Gasteiger charge is -2.30. The Labute approximate surface area is 132 Å². The van der Waals surface area contributed by atoms with Crippen LogP contribution in [-0.2, 0) is 20.3 Å². The number of amidine groups is 1. The van der Waals surface area contributed by atoms with Crippen LogP contribution in [0.3, 0.4) is 0 Å². The van der Waals surface area contributed by atoms with Crippen LogP contribution in [0, 0.1) is 0 Å². The summed E-state index contributed by atoms with van der Waals surface area (Å²) in [5.41, 5.74) is 0.753. The monoisotopic (exact) mass is 320 g/mol. The topological polar surface area (TPSA) is 59.0 Å². The SMILES string of the molecule is CCOC(=O)CC1C(N2CCCC2)=Nc2ccccc2S1=O. The molecule has 0 aliphatic carbocycles. The number of nitrogens with zero attached hydrogens (tertiary/aromatic N) is 2. The molecule has 1 aromatic carbocycles. The Hall–Kier alpha value is -1.69. The second-order valence-corrected chi connectivity index (χ2v) is 7.03. The smallest absolute Gasteiger partial charge is 0.307 e. The molecule has 0 aromatic heterocycles. The molecule has 0 bridgehead atoms. The minimum atomic E-state index is -1.28. The molecule has 22 heavy (non-hydrogen) atoms. The minimum absolute atomic E-state index is 0.115. The van der Waals surface area contributed by atoms with Crippen LogP contribution in [0.2, 0.25) is 0 Å². The molecular weight excluding hydrogens is 300 g/mol. The molecule has 0 N–H and O–H groups in total. The van der Waals surface area contributed by atoms with Crippen molar-refractivity contribution in [2.45, 2.75) is 36.3 Å². The molecule has 118 valence electrons. The molecule has 0 saturated carbocycles. The third-order valence-electron chi connectivity index (χ3n) is 3.95. The van der Waals surface area contributed by atoms with Gasteiger partial charge in [0.15, 0.2) is 0 Å². The first-order chi connectivity index (χ1) is 10.7. The highest BCUT2D eigenvalue weighted by Gasteiger charge is 2.36. The van der Waals surface area contributed by atoms with Crippen molar-refractivity contribution < 1.29 is 13.7 Å². The first kappa shape index (κ1) is 15.2. The van der Waals surface area contributed by atoms with Gasteiger partial charge in [0.1, 0.15) is 11.1 Å². The van der Waals surface area contributed by atoms with Crippen LogP contribution in [0.15, 0.2) is 34.2 Å². The normalized spacial score (nSPS) is 23.9. The van der Waals surface area contributed by atoms with Crippen molar-refractivity contribution >= 4 is 28.3 Å². The molecule has 2 aliphatic heterocycles. The second kappa shape index (κ2) is 6.60. The van der Waals surface area contributed by atoms with E-state index in [1.165, 1.54) is 0 Å². The molecule has 0 spiro atoms. The van der Waals surface area contributed by atoms with E-state index in [1.54, 1.807) is 6.92 Å². The molecular formula is C16H20N2O3S. The average molecular weight is 320 g/mol. The summed E-state index contributed by atoms with van der Waals surface area (Å²) in [4.78, 5) is 19.5. The van der Waals surface area contributed by atoms with Crippen LogP contribution in [0.25, 0.3) is 0 Å². The number of hydrogen-bond acceptors (Lipinski definition) is 5. The highest BCUT2D eigenvalue weighted by atomic mass is 32.2. The quantitative estimate of drug-likeness (QED) is 0.802. The second-order valence-electron chi connectivity index (χ2n) is 5.43. The number of ether oxygens (including phenoxy) is 1. The van der Waals surface area contributed by atoms with Gasteiger partial charge in [-0.05, 0) is 31.9 Å². The molecule has 0 amide bonds. The Kier molecular flexibility index (Phi) is 4.57. The molecule has 1 saturated heterocycles. The number of carbonyl (C=O) groups is 1. The van der Waals surface area contributed by atoms with Crippen LogP contribution in [0.4, 0.5) is 5.69 Å². The number of likely N-dealkylation sites (tertiary alicyclic amines) is 1. The Morgan fingerprint density at radius 2 is 2.09 bits per heavy atom. The van der Waals surface area contributed by atoms with Gasteiger partial charge in [-0.25, -0.2) is 4.99 Å². The third kappa shape index (κ3) is 2.92. The summed E-state index contributed by atoms with van der Waals surface area (Å²) in [6.45, 7) is 3.94. The molecule has 3 rings (SSSR count). The van der Waals surface area contributed by atoms with Crippen LogP contribution in [-0.4, -0.2) is 45.9 Å². The summed E-state index contributed by atoms with van der Waals surface area (Å²) in [6.07, 6.45) is 2.34. The first-order valence-corrected chi connectivity index (χ1v) is 8.90. The van der Waals surface area contributed by atoms with Crippen molar-refractivity contribution in [3.63, 3.8) is 0 Å². The van der Waals surface area contributed by atoms with Crippen molar-refractivity contribution in [3.8, 4) is 0 Å². The number of fused-ring (bicyclic) bond motifs is 1. The molecule has 1 fully saturated rings. The molecule has 2 heterocycles. The molecule has 1 aromatic rings. The summed E-state index contributed by atoms with van der Waals surface area (Å²) in [7, 11) is -1.28. The lowest BCUT2D eigenvalue weighted by atomic mass is 10.2. The number of carbonyl (C=O) groups excluding carboxylic acids is 1. The minimum Gasteiger partial charge on any atom is -0.466 e. The van der Waals surface area contributed by atoms with Crippen LogP contribution in [0.5, 0.6) is 0 Å². The van der Waals surface area contributed by atoms with E-state index in [-0.39, 0.29) is 12.4 Å². The largest absolute Gasteiger partial charge is 0.466 e. The van der Waals surface area contributed by atoms with E-state index < -0.39 is 16.0 Å². The summed E-state index contributed by atoms with van der Waals surface area (Å²) in [6, 6.07) is 7.46. The third-order valence-corrected chi connectivity index (χ3v) is 5.62. The Bertz CT molecular complexity index is 624. The molecule has 2 aliphatic rings. The maximum Gasteiger partial charge on any atom is 0.307 e. The summed E-state index contributed by atoms with van der Waals surface area (Å²) in [5.74, 6) is 0.467. The van der Waals surface area contributed by atoms with Crippen molar-refractivity contribution in [1.82, 2.24) is 4.90 Å². The van der Waals surface area contributed by atoms with Gasteiger partial charge in [0, 0.05) is 13.1 Å². The van der Waals surface area contributed by atoms with Gasteiger partial charge in [0.2, 0.25) is 0 Å². The van der Waals surface area contributed by atoms with Crippen molar-refractivity contribution in [2.75, 3.05) is 19.7 Å². The zero-order valence-electron chi connectivity index (χ0n) is 12.7. The predicted molar refractivity (Wildman–Crippen MR) is 85.8 cm³/mol. The van der Waals surface area contributed by atoms with E-state index in [0.717, 1.165) is 37.5 Å². The zero-order valence-corrected chi connectivity index (χ0v) is 13.5. The van der Waals surface area contributed by atoms with E-state index in [4.69, 9.17) is 9.73 Å². The zero-order chi connectivity index (χ0) is 15.5. The highest BCUT2D eigenvalue weighted by Crippen LogP contribution is 2.33. The number of benzene rings is 1. The summed E-state index contributed by atoms with van der Waals surface area (Å²) < 4.78 is 18.0. The van der Waals surface area contributed by atoms with Crippen LogP contribution < -0.4 is 0 Å². The van der Waals surface area contributed by atoms with Gasteiger partial charge in [0.05, 0.1) is 34.4 Å². The molecule has 2 unspecified atom stereocenters. The summed E-state index contributed by atoms with van der Waals surface area (Å²) >= 11 is 0. The fraction of sp³-hybridized carbons (Fsp3) is 0.500. The fourth-order valence-corrected chi connectivity index (χ4v) is 4.44. The lowest BCUT2D eigenvalue weighted by molar-refractivity contribution is -0.142. The Morgan fingerprint density at radius 1 is 1.36 bits per heavy atom. The van der Waals surface area contributed by atoms with E-state index in [2.05, 4.69) is 4.90 Å². The lowest BCUT2D eigenvalue weighted by Crippen LogP contribution is -2.42. The molecule has 0 radical (unpaired) electrons. The van der Waals surface area contributed by atoms with E-state index in [0.29, 0.717) is 11.5 Å². The van der Waals surface area contributed by atoms with Crippen molar-refractivity contribution in [3.05, 3.63) is 24.3 Å². The first-order valence-electron chi connectivity index (χ1n) is 7.69. The average Bonchev–Trinajstić information content (AvgIpc) is 3.04. The van der Waals surface area contributed by atoms with Gasteiger partial charge in [0.25, 0.3) is 0 Å². The van der Waals surface area contributed by atoms with Gasteiger partial charge in [-0.3, -0.25) is 9.00 Å². The number of esters is 1. The maximum absolute atomic E-state index is 12.9. The Balaban J connectivity index is 1.95. The van der Waals surface area contributed by atoms with Crippen molar-refractivity contribution in [1.29, 1.82) is 0 Å². The highest BCUT2D eigenvalue weighted by molar-refractivity contribution is 7.86. The van der Waals surface area contributed by atoms with Crippen LogP contribution in [0.1, 0.15) is 26.2 Å². The standard InChI is InChI=1S/C16H20N2O3S/c1-2-21-15(19)11-14-16(18-9-5-6-10-18)17-12-7-3-4-8-13(12)22(14)20/h3-4,7-8,14H,2,5-6,9-11H2,1H3. The van der Waals surface area contributed by atoms with Gasteiger partial charge in [-0.15, -0.1) is 0 Å². The van der Waals surface area contributed by atoms with Gasteiger partial charge >= 0.3 is 5.97 Å². The van der Waals surface area contributed by atoms with Crippen LogP contribution >= 0.6 is 0 Å². The van der Waals surface area contributed by atoms with Gasteiger partial charge in [-0.2, -0.15) is 0 Å². The van der Waals surface area contributed by atoms with Gasteiger partial charge in [-0.1, -0.05) is 12.1 Å². The fourth-order valence-electron chi connectivity index (χ4n) is 2.92. The molecule has 2 atom stereocenters. The molecule has 6 heteroatoms. The Morgan fingerprint density at radius 3 is 2.82 bits per heavy atom. The molecule has 5 nitrogen and oxygen atoms in total. The number of aliphatic imine (C=N–C) groups is 1. The van der Waals surface area contributed by atoms with Gasteiger partial charge < -0.3 is 9.64 Å². The van der Waals surface area contributed by atoms with E-state index in [1.807, 2.05) is 24.3 Å².